The zero-order chi connectivity index (χ0) is 14.8. The Balaban J connectivity index is 1.94. The summed E-state index contributed by atoms with van der Waals surface area (Å²) in [5.74, 6) is 1.42. The number of hydrogen-bond donors (Lipinski definition) is 1. The number of hydrogen-bond acceptors (Lipinski definition) is 5. The van der Waals surface area contributed by atoms with Gasteiger partial charge in [-0.2, -0.15) is 0 Å². The summed E-state index contributed by atoms with van der Waals surface area (Å²) in [5, 5.41) is 4.14. The first kappa shape index (κ1) is 14.0. The van der Waals surface area contributed by atoms with Gasteiger partial charge in [0.15, 0.2) is 0 Å². The van der Waals surface area contributed by atoms with Gasteiger partial charge in [-0.25, -0.2) is 9.97 Å². The minimum atomic E-state index is 0.628. The highest BCUT2D eigenvalue weighted by Crippen LogP contribution is 2.35. The summed E-state index contributed by atoms with van der Waals surface area (Å²) in [6.45, 7) is 5.03. The normalized spacial score (nSPS) is 11.0. The maximum atomic E-state index is 5.95. The summed E-state index contributed by atoms with van der Waals surface area (Å²) in [6.07, 6.45) is 1.56. The molecule has 2 aromatic heterocycles. The van der Waals surface area contributed by atoms with Crippen molar-refractivity contribution in [2.24, 2.45) is 0 Å². The second kappa shape index (κ2) is 5.79. The molecule has 3 aromatic rings. The summed E-state index contributed by atoms with van der Waals surface area (Å²) in [4.78, 5) is 10.8. The van der Waals surface area contributed by atoms with Gasteiger partial charge in [-0.05, 0) is 44.2 Å². The van der Waals surface area contributed by atoms with E-state index in [1.54, 1.807) is 17.7 Å². The van der Waals surface area contributed by atoms with Crippen LogP contribution in [0.2, 0.25) is 0 Å². The maximum absolute atomic E-state index is 5.95. The van der Waals surface area contributed by atoms with Gasteiger partial charge < -0.3 is 10.1 Å². The molecule has 0 unspecified atom stereocenters. The van der Waals surface area contributed by atoms with E-state index in [0.29, 0.717) is 5.88 Å². The molecular weight excluding hydrogens is 282 g/mol. The van der Waals surface area contributed by atoms with Gasteiger partial charge in [0, 0.05) is 11.4 Å². The van der Waals surface area contributed by atoms with Crippen LogP contribution in [0.25, 0.3) is 10.2 Å². The largest absolute Gasteiger partial charge is 0.438 e. The van der Waals surface area contributed by atoms with Gasteiger partial charge in [-0.15, -0.1) is 11.3 Å². The van der Waals surface area contributed by atoms with Gasteiger partial charge in [0.2, 0.25) is 5.88 Å². The smallest absolute Gasteiger partial charge is 0.231 e. The minimum absolute atomic E-state index is 0.628. The highest BCUT2D eigenvalue weighted by Gasteiger charge is 2.13. The van der Waals surface area contributed by atoms with Crippen LogP contribution in [0.5, 0.6) is 11.6 Å². The lowest BCUT2D eigenvalue weighted by Gasteiger charge is -2.07. The van der Waals surface area contributed by atoms with Crippen LogP contribution in [-0.2, 0) is 6.54 Å². The van der Waals surface area contributed by atoms with Crippen LogP contribution >= 0.6 is 11.3 Å². The molecule has 0 amide bonds. The molecule has 2 heterocycles. The molecule has 1 aromatic carbocycles. The van der Waals surface area contributed by atoms with Crippen LogP contribution in [0, 0.1) is 13.8 Å². The number of fused-ring (bicyclic) bond motifs is 1. The molecule has 0 radical (unpaired) electrons. The predicted octanol–water partition coefficient (Wildman–Crippen LogP) is 3.82. The molecule has 4 nitrogen and oxygen atoms in total. The van der Waals surface area contributed by atoms with Crippen molar-refractivity contribution in [2.45, 2.75) is 20.4 Å². The number of aromatic nitrogens is 2. The number of nitrogens with one attached hydrogen (secondary N) is 1. The average Bonchev–Trinajstić information content (AvgIpc) is 2.78. The molecule has 21 heavy (non-hydrogen) atoms. The van der Waals surface area contributed by atoms with Crippen molar-refractivity contribution >= 4 is 21.6 Å². The third-order valence-electron chi connectivity index (χ3n) is 3.45. The Hall–Kier alpha value is -1.98. The molecule has 0 aliphatic carbocycles. The standard InChI is InChI=1S/C16H17N3OS/c1-10-11(2)21-16-14(10)15(18-9-19-16)20-13-6-4-12(5-7-13)8-17-3/h4-7,9,17H,8H2,1-3H3. The van der Waals surface area contributed by atoms with Crippen molar-refractivity contribution in [3.05, 3.63) is 46.6 Å². The minimum Gasteiger partial charge on any atom is -0.438 e. The van der Waals surface area contributed by atoms with E-state index in [1.165, 1.54) is 16.0 Å². The van der Waals surface area contributed by atoms with Gasteiger partial charge in [0.1, 0.15) is 16.9 Å². The van der Waals surface area contributed by atoms with Crippen LogP contribution in [-0.4, -0.2) is 17.0 Å². The first-order valence-corrected chi connectivity index (χ1v) is 7.63. The fourth-order valence-electron chi connectivity index (χ4n) is 2.22. The number of benzene rings is 1. The summed E-state index contributed by atoms with van der Waals surface area (Å²) >= 11 is 1.67. The molecule has 108 valence electrons. The monoisotopic (exact) mass is 299 g/mol. The Kier molecular flexibility index (Phi) is 3.86. The SMILES string of the molecule is CNCc1ccc(Oc2ncnc3sc(C)c(C)c23)cc1. The molecule has 0 saturated heterocycles. The molecule has 0 atom stereocenters. The molecule has 0 aliphatic rings. The zero-order valence-electron chi connectivity index (χ0n) is 12.3. The Morgan fingerprint density at radius 3 is 2.62 bits per heavy atom. The van der Waals surface area contributed by atoms with Crippen molar-refractivity contribution < 1.29 is 4.74 Å². The van der Waals surface area contributed by atoms with Crippen LogP contribution in [0.4, 0.5) is 0 Å². The van der Waals surface area contributed by atoms with E-state index in [2.05, 4.69) is 41.3 Å². The third kappa shape index (κ3) is 2.75. The fraction of sp³-hybridized carbons (Fsp3) is 0.250. The van der Waals surface area contributed by atoms with E-state index in [1.807, 2.05) is 19.2 Å². The molecular formula is C16H17N3OS. The number of rotatable bonds is 4. The second-order valence-corrected chi connectivity index (χ2v) is 6.12. The molecule has 5 heteroatoms. The third-order valence-corrected chi connectivity index (χ3v) is 4.56. The van der Waals surface area contributed by atoms with E-state index in [9.17, 15) is 0 Å². The zero-order valence-corrected chi connectivity index (χ0v) is 13.1. The van der Waals surface area contributed by atoms with Gasteiger partial charge in [-0.3, -0.25) is 0 Å². The van der Waals surface area contributed by atoms with Crippen LogP contribution in [0.1, 0.15) is 16.0 Å². The molecule has 0 bridgehead atoms. The second-order valence-electron chi connectivity index (χ2n) is 4.92. The van der Waals surface area contributed by atoms with Crippen molar-refractivity contribution in [1.82, 2.24) is 15.3 Å². The van der Waals surface area contributed by atoms with Crippen LogP contribution < -0.4 is 10.1 Å². The molecule has 0 saturated carbocycles. The molecule has 1 N–H and O–H groups in total. The van der Waals surface area contributed by atoms with E-state index in [0.717, 1.165) is 22.5 Å². The number of thiophene rings is 1. The quantitative estimate of drug-likeness (QED) is 0.795. The highest BCUT2D eigenvalue weighted by atomic mass is 32.1. The number of nitrogens with zero attached hydrogens (tertiary/aromatic N) is 2. The topological polar surface area (TPSA) is 47.0 Å². The molecule has 0 aliphatic heterocycles. The Morgan fingerprint density at radius 1 is 1.14 bits per heavy atom. The number of ether oxygens (including phenoxy) is 1. The lowest BCUT2D eigenvalue weighted by molar-refractivity contribution is 0.468. The summed E-state index contributed by atoms with van der Waals surface area (Å²) in [7, 11) is 1.93. The van der Waals surface area contributed by atoms with E-state index < -0.39 is 0 Å². The molecule has 3 rings (SSSR count). The van der Waals surface area contributed by atoms with Gasteiger partial charge in [-0.1, -0.05) is 12.1 Å². The summed E-state index contributed by atoms with van der Waals surface area (Å²) in [5.41, 5.74) is 2.41. The van der Waals surface area contributed by atoms with E-state index in [-0.39, 0.29) is 0 Å². The van der Waals surface area contributed by atoms with Crippen molar-refractivity contribution in [1.29, 1.82) is 0 Å². The lowest BCUT2D eigenvalue weighted by Crippen LogP contribution is -2.04. The summed E-state index contributed by atoms with van der Waals surface area (Å²) < 4.78 is 5.95. The Morgan fingerprint density at radius 2 is 1.90 bits per heavy atom. The Bertz CT molecular complexity index is 765. The average molecular weight is 299 g/mol. The van der Waals surface area contributed by atoms with Crippen molar-refractivity contribution in [2.75, 3.05) is 7.05 Å². The van der Waals surface area contributed by atoms with Gasteiger partial charge in [0.05, 0.1) is 5.39 Å². The van der Waals surface area contributed by atoms with Crippen LogP contribution in [0.15, 0.2) is 30.6 Å². The van der Waals surface area contributed by atoms with Crippen molar-refractivity contribution in [3.8, 4) is 11.6 Å². The number of aryl methyl sites for hydroxylation is 2. The highest BCUT2D eigenvalue weighted by molar-refractivity contribution is 7.18. The Labute approximate surface area is 127 Å². The molecule has 0 fully saturated rings. The summed E-state index contributed by atoms with van der Waals surface area (Å²) in [6, 6.07) is 8.04. The predicted molar refractivity (Wildman–Crippen MR) is 86.2 cm³/mol. The lowest BCUT2D eigenvalue weighted by atomic mass is 10.2. The van der Waals surface area contributed by atoms with Crippen LogP contribution in [0.3, 0.4) is 0 Å². The van der Waals surface area contributed by atoms with E-state index >= 15 is 0 Å². The first-order valence-electron chi connectivity index (χ1n) is 6.81. The van der Waals surface area contributed by atoms with Crippen molar-refractivity contribution in [3.63, 3.8) is 0 Å². The first-order chi connectivity index (χ1) is 10.2. The van der Waals surface area contributed by atoms with E-state index in [4.69, 9.17) is 4.74 Å². The van der Waals surface area contributed by atoms with Gasteiger partial charge in [0.25, 0.3) is 0 Å². The fourth-order valence-corrected chi connectivity index (χ4v) is 3.21. The molecule has 0 spiro atoms. The van der Waals surface area contributed by atoms with Gasteiger partial charge >= 0.3 is 0 Å². The maximum Gasteiger partial charge on any atom is 0.231 e.